The van der Waals surface area contributed by atoms with E-state index in [0.29, 0.717) is 17.5 Å². The molecule has 0 radical (unpaired) electrons. The van der Waals surface area contributed by atoms with Gasteiger partial charge in [0.25, 0.3) is 0 Å². The number of aliphatic hydroxyl groups is 1. The molecule has 0 saturated carbocycles. The molecule has 2 unspecified atom stereocenters. The summed E-state index contributed by atoms with van der Waals surface area (Å²) in [6.45, 7) is 0. The minimum Gasteiger partial charge on any atom is -0.380 e. The second kappa shape index (κ2) is 3.90. The van der Waals surface area contributed by atoms with Gasteiger partial charge in [0.15, 0.2) is 0 Å². The maximum atomic E-state index is 13.9. The van der Waals surface area contributed by atoms with E-state index in [9.17, 15) is 9.50 Å². The van der Waals surface area contributed by atoms with Gasteiger partial charge < -0.3 is 10.8 Å². The van der Waals surface area contributed by atoms with Gasteiger partial charge in [-0.1, -0.05) is 42.5 Å². The highest BCUT2D eigenvalue weighted by Gasteiger charge is 2.43. The molecular weight excluding hydrogens is 229 g/mol. The second-order valence-corrected chi connectivity index (χ2v) is 4.74. The summed E-state index contributed by atoms with van der Waals surface area (Å²) < 4.78 is 13.9. The van der Waals surface area contributed by atoms with Crippen molar-refractivity contribution >= 4 is 0 Å². The molecule has 0 aromatic heterocycles. The predicted molar refractivity (Wildman–Crippen MR) is 67.4 cm³/mol. The van der Waals surface area contributed by atoms with E-state index in [1.54, 1.807) is 18.2 Å². The van der Waals surface area contributed by atoms with Crippen LogP contribution in [0.1, 0.15) is 29.2 Å². The third-order valence-electron chi connectivity index (χ3n) is 3.64. The smallest absolute Gasteiger partial charge is 0.129 e. The van der Waals surface area contributed by atoms with Gasteiger partial charge in [-0.15, -0.1) is 0 Å². The topological polar surface area (TPSA) is 46.2 Å². The predicted octanol–water partition coefficient (Wildman–Crippen LogP) is 2.47. The third kappa shape index (κ3) is 1.48. The van der Waals surface area contributed by atoms with Crippen LogP contribution in [0.4, 0.5) is 4.39 Å². The van der Waals surface area contributed by atoms with Gasteiger partial charge in [-0.3, -0.25) is 0 Å². The quantitative estimate of drug-likeness (QED) is 0.808. The Kier molecular flexibility index (Phi) is 2.47. The van der Waals surface area contributed by atoms with Gasteiger partial charge in [0.2, 0.25) is 0 Å². The van der Waals surface area contributed by atoms with Gasteiger partial charge >= 0.3 is 0 Å². The molecule has 0 spiro atoms. The first-order valence-electron chi connectivity index (χ1n) is 5.95. The van der Waals surface area contributed by atoms with Crippen molar-refractivity contribution in [1.82, 2.24) is 0 Å². The Morgan fingerprint density at radius 2 is 1.67 bits per heavy atom. The summed E-state index contributed by atoms with van der Waals surface area (Å²) in [5.41, 5.74) is 6.61. The fourth-order valence-corrected chi connectivity index (χ4v) is 2.79. The SMILES string of the molecule is NC1CC(O)(c2ccccc2F)c2ccccc21. The van der Waals surface area contributed by atoms with Crippen LogP contribution in [0.2, 0.25) is 0 Å². The first-order valence-corrected chi connectivity index (χ1v) is 5.95. The van der Waals surface area contributed by atoms with E-state index in [1.807, 2.05) is 24.3 Å². The average Bonchev–Trinajstić information content (AvgIpc) is 2.64. The Morgan fingerprint density at radius 3 is 2.39 bits per heavy atom. The van der Waals surface area contributed by atoms with Gasteiger partial charge in [-0.2, -0.15) is 0 Å². The first-order chi connectivity index (χ1) is 8.63. The molecule has 3 heteroatoms. The van der Waals surface area contributed by atoms with Crippen LogP contribution >= 0.6 is 0 Å². The molecule has 0 heterocycles. The van der Waals surface area contributed by atoms with E-state index in [1.165, 1.54) is 6.07 Å². The lowest BCUT2D eigenvalue weighted by Gasteiger charge is -2.25. The summed E-state index contributed by atoms with van der Waals surface area (Å²) in [5.74, 6) is -0.399. The lowest BCUT2D eigenvalue weighted by molar-refractivity contribution is 0.0737. The maximum Gasteiger partial charge on any atom is 0.129 e. The fourth-order valence-electron chi connectivity index (χ4n) is 2.79. The van der Waals surface area contributed by atoms with Crippen LogP contribution in [-0.4, -0.2) is 5.11 Å². The highest BCUT2D eigenvalue weighted by molar-refractivity contribution is 5.47. The van der Waals surface area contributed by atoms with Gasteiger partial charge in [0.05, 0.1) is 0 Å². The molecule has 2 aromatic carbocycles. The lowest BCUT2D eigenvalue weighted by Crippen LogP contribution is -2.26. The zero-order chi connectivity index (χ0) is 12.8. The van der Waals surface area contributed by atoms with E-state index in [-0.39, 0.29) is 6.04 Å². The van der Waals surface area contributed by atoms with Crippen LogP contribution in [0.3, 0.4) is 0 Å². The Bertz CT molecular complexity index is 599. The lowest BCUT2D eigenvalue weighted by atomic mass is 9.87. The molecule has 2 aromatic rings. The number of halogens is 1. The molecule has 0 bridgehead atoms. The van der Waals surface area contributed by atoms with Crippen LogP contribution in [0.5, 0.6) is 0 Å². The number of fused-ring (bicyclic) bond motifs is 1. The first kappa shape index (κ1) is 11.4. The largest absolute Gasteiger partial charge is 0.380 e. The molecule has 2 nitrogen and oxygen atoms in total. The van der Waals surface area contributed by atoms with Crippen molar-refractivity contribution in [2.45, 2.75) is 18.1 Å². The molecule has 0 aliphatic heterocycles. The van der Waals surface area contributed by atoms with Gasteiger partial charge in [0, 0.05) is 18.0 Å². The van der Waals surface area contributed by atoms with E-state index < -0.39 is 11.4 Å². The number of hydrogen-bond acceptors (Lipinski definition) is 2. The summed E-state index contributed by atoms with van der Waals surface area (Å²) in [5, 5.41) is 10.8. The van der Waals surface area contributed by atoms with Crippen molar-refractivity contribution in [3.05, 3.63) is 71.0 Å². The van der Waals surface area contributed by atoms with Crippen molar-refractivity contribution in [3.8, 4) is 0 Å². The van der Waals surface area contributed by atoms with E-state index >= 15 is 0 Å². The maximum absolute atomic E-state index is 13.9. The molecule has 1 aliphatic rings. The standard InChI is InChI=1S/C15H14FNO/c16-13-8-4-3-7-12(13)15(18)9-14(17)10-5-1-2-6-11(10)15/h1-8,14,18H,9,17H2. The van der Waals surface area contributed by atoms with Gasteiger partial charge in [-0.25, -0.2) is 4.39 Å². The summed E-state index contributed by atoms with van der Waals surface area (Å²) in [6.07, 6.45) is 0.313. The molecule has 92 valence electrons. The number of nitrogens with two attached hydrogens (primary N) is 1. The summed E-state index contributed by atoms with van der Waals surface area (Å²) in [7, 11) is 0. The van der Waals surface area contributed by atoms with Crippen LogP contribution in [0.25, 0.3) is 0 Å². The molecule has 3 N–H and O–H groups in total. The molecule has 0 amide bonds. The third-order valence-corrected chi connectivity index (χ3v) is 3.64. The Balaban J connectivity index is 2.21. The molecular formula is C15H14FNO. The Labute approximate surface area is 105 Å². The highest BCUT2D eigenvalue weighted by Crippen LogP contribution is 2.46. The van der Waals surface area contributed by atoms with E-state index in [2.05, 4.69) is 0 Å². The number of benzene rings is 2. The van der Waals surface area contributed by atoms with Crippen LogP contribution in [-0.2, 0) is 5.60 Å². The molecule has 18 heavy (non-hydrogen) atoms. The minimum absolute atomic E-state index is 0.259. The fraction of sp³-hybridized carbons (Fsp3) is 0.200. The van der Waals surface area contributed by atoms with Crippen molar-refractivity contribution in [1.29, 1.82) is 0 Å². The summed E-state index contributed by atoms with van der Waals surface area (Å²) >= 11 is 0. The molecule has 1 aliphatic carbocycles. The summed E-state index contributed by atoms with van der Waals surface area (Å²) in [6, 6.07) is 13.5. The van der Waals surface area contributed by atoms with Crippen molar-refractivity contribution in [3.63, 3.8) is 0 Å². The second-order valence-electron chi connectivity index (χ2n) is 4.74. The minimum atomic E-state index is -1.32. The molecule has 0 saturated heterocycles. The average molecular weight is 243 g/mol. The zero-order valence-corrected chi connectivity index (χ0v) is 9.81. The Morgan fingerprint density at radius 1 is 1.06 bits per heavy atom. The Hall–Kier alpha value is -1.71. The normalized spacial score (nSPS) is 26.1. The highest BCUT2D eigenvalue weighted by atomic mass is 19.1. The van der Waals surface area contributed by atoms with Crippen molar-refractivity contribution in [2.75, 3.05) is 0 Å². The number of hydrogen-bond donors (Lipinski definition) is 2. The van der Waals surface area contributed by atoms with Gasteiger partial charge in [0.1, 0.15) is 11.4 Å². The number of rotatable bonds is 1. The van der Waals surface area contributed by atoms with E-state index in [4.69, 9.17) is 5.73 Å². The van der Waals surface area contributed by atoms with Crippen LogP contribution in [0.15, 0.2) is 48.5 Å². The van der Waals surface area contributed by atoms with Crippen molar-refractivity contribution in [2.24, 2.45) is 5.73 Å². The zero-order valence-electron chi connectivity index (χ0n) is 9.81. The molecule has 3 rings (SSSR count). The van der Waals surface area contributed by atoms with Crippen molar-refractivity contribution < 1.29 is 9.50 Å². The van der Waals surface area contributed by atoms with Crippen LogP contribution in [0, 0.1) is 5.82 Å². The van der Waals surface area contributed by atoms with E-state index in [0.717, 1.165) is 5.56 Å². The molecule has 0 fully saturated rings. The molecule has 2 atom stereocenters. The monoisotopic (exact) mass is 243 g/mol. The summed E-state index contributed by atoms with van der Waals surface area (Å²) in [4.78, 5) is 0. The van der Waals surface area contributed by atoms with Crippen LogP contribution < -0.4 is 5.73 Å². The van der Waals surface area contributed by atoms with Gasteiger partial charge in [-0.05, 0) is 17.2 Å².